The Hall–Kier alpha value is -2.86. The number of rotatable bonds is 2. The molecule has 0 fully saturated rings. The second-order valence-corrected chi connectivity index (χ2v) is 4.52. The van der Waals surface area contributed by atoms with E-state index in [1.807, 2.05) is 18.2 Å². The highest BCUT2D eigenvalue weighted by molar-refractivity contribution is 5.87. The van der Waals surface area contributed by atoms with Gasteiger partial charge in [-0.25, -0.2) is 4.98 Å². The zero-order valence-corrected chi connectivity index (χ0v) is 11.1. The predicted molar refractivity (Wildman–Crippen MR) is 81.4 cm³/mol. The Labute approximate surface area is 117 Å². The summed E-state index contributed by atoms with van der Waals surface area (Å²) < 4.78 is 0. The molecule has 0 saturated carbocycles. The van der Waals surface area contributed by atoms with Crippen molar-refractivity contribution in [3.8, 4) is 17.3 Å². The van der Waals surface area contributed by atoms with E-state index >= 15 is 0 Å². The minimum absolute atomic E-state index is 0.553. The highest BCUT2D eigenvalue weighted by Gasteiger charge is 2.06. The Balaban J connectivity index is 2.13. The van der Waals surface area contributed by atoms with Crippen molar-refractivity contribution in [1.29, 1.82) is 5.26 Å². The second-order valence-electron chi connectivity index (χ2n) is 4.52. The number of nitrogens with one attached hydrogen (secondary N) is 1. The van der Waals surface area contributed by atoms with Crippen LogP contribution in [-0.2, 0) is 0 Å². The molecule has 0 bridgehead atoms. The van der Waals surface area contributed by atoms with E-state index in [0.29, 0.717) is 11.4 Å². The van der Waals surface area contributed by atoms with Crippen molar-refractivity contribution >= 4 is 16.6 Å². The second kappa shape index (κ2) is 5.02. The Kier molecular flexibility index (Phi) is 3.06. The first kappa shape index (κ1) is 12.2. The molecule has 2 aromatic carbocycles. The minimum Gasteiger partial charge on any atom is -0.372 e. The van der Waals surface area contributed by atoms with Gasteiger partial charge in [0.25, 0.3) is 0 Å². The molecule has 0 spiro atoms. The molecule has 1 heterocycles. The number of benzene rings is 2. The van der Waals surface area contributed by atoms with Gasteiger partial charge < -0.3 is 5.32 Å². The molecule has 1 aromatic heterocycles. The van der Waals surface area contributed by atoms with Crippen LogP contribution in [0, 0.1) is 11.3 Å². The average Bonchev–Trinajstić information content (AvgIpc) is 2.53. The molecule has 0 unspecified atom stereocenters. The van der Waals surface area contributed by atoms with Gasteiger partial charge in [-0.15, -0.1) is 0 Å². The molecular weight excluding hydrogens is 246 g/mol. The third-order valence-corrected chi connectivity index (χ3v) is 3.30. The smallest absolute Gasteiger partial charge is 0.144 e. The Bertz CT molecular complexity index is 816. The number of anilines is 1. The zero-order chi connectivity index (χ0) is 13.9. The van der Waals surface area contributed by atoms with E-state index < -0.39 is 0 Å². The first-order chi connectivity index (χ1) is 9.81. The molecule has 0 atom stereocenters. The molecule has 3 rings (SSSR count). The molecule has 0 aliphatic carbocycles. The Morgan fingerprint density at radius 2 is 1.80 bits per heavy atom. The molecule has 0 aliphatic rings. The number of nitriles is 1. The number of nitrogens with zero attached hydrogens (tertiary/aromatic N) is 2. The molecule has 0 aliphatic heterocycles. The molecule has 20 heavy (non-hydrogen) atoms. The van der Waals surface area contributed by atoms with Gasteiger partial charge in [0, 0.05) is 12.6 Å². The van der Waals surface area contributed by atoms with Crippen LogP contribution >= 0.6 is 0 Å². The highest BCUT2D eigenvalue weighted by Crippen LogP contribution is 2.25. The topological polar surface area (TPSA) is 48.7 Å². The lowest BCUT2D eigenvalue weighted by Gasteiger charge is -2.07. The number of aromatic nitrogens is 1. The van der Waals surface area contributed by atoms with E-state index in [0.717, 1.165) is 11.3 Å². The maximum atomic E-state index is 9.02. The van der Waals surface area contributed by atoms with Crippen LogP contribution in [-0.4, -0.2) is 12.0 Å². The number of pyridine rings is 1. The van der Waals surface area contributed by atoms with E-state index in [-0.39, 0.29) is 0 Å². The summed E-state index contributed by atoms with van der Waals surface area (Å²) in [6, 6.07) is 20.3. The standard InChI is InChI=1S/C17H13N3/c1-19-17-15(11-18)8-9-16(20-17)14-7-6-12-4-2-3-5-13(12)10-14/h2-10H,1H3,(H,19,20). The van der Waals surface area contributed by atoms with Crippen molar-refractivity contribution in [3.05, 3.63) is 60.2 Å². The normalized spacial score (nSPS) is 10.2. The summed E-state index contributed by atoms with van der Waals surface area (Å²) in [6.07, 6.45) is 0. The third-order valence-electron chi connectivity index (χ3n) is 3.30. The van der Waals surface area contributed by atoms with Crippen LogP contribution in [0.15, 0.2) is 54.6 Å². The van der Waals surface area contributed by atoms with Crippen molar-refractivity contribution in [2.75, 3.05) is 12.4 Å². The van der Waals surface area contributed by atoms with Crippen molar-refractivity contribution in [2.45, 2.75) is 0 Å². The summed E-state index contributed by atoms with van der Waals surface area (Å²) in [5.41, 5.74) is 2.46. The molecule has 0 radical (unpaired) electrons. The quantitative estimate of drug-likeness (QED) is 0.761. The summed E-state index contributed by atoms with van der Waals surface area (Å²) in [6.45, 7) is 0. The van der Waals surface area contributed by atoms with E-state index in [4.69, 9.17) is 5.26 Å². The largest absolute Gasteiger partial charge is 0.372 e. The van der Waals surface area contributed by atoms with Crippen LogP contribution in [0.5, 0.6) is 0 Å². The molecule has 3 aromatic rings. The molecule has 0 amide bonds. The molecule has 3 nitrogen and oxygen atoms in total. The van der Waals surface area contributed by atoms with Crippen LogP contribution in [0.1, 0.15) is 5.56 Å². The van der Waals surface area contributed by atoms with Gasteiger partial charge in [0.1, 0.15) is 11.9 Å². The van der Waals surface area contributed by atoms with Crippen molar-refractivity contribution in [3.63, 3.8) is 0 Å². The van der Waals surface area contributed by atoms with E-state index in [9.17, 15) is 0 Å². The Morgan fingerprint density at radius 3 is 2.55 bits per heavy atom. The van der Waals surface area contributed by atoms with Crippen LogP contribution in [0.4, 0.5) is 5.82 Å². The minimum atomic E-state index is 0.553. The molecule has 96 valence electrons. The third kappa shape index (κ3) is 2.08. The first-order valence-electron chi connectivity index (χ1n) is 6.40. The summed E-state index contributed by atoms with van der Waals surface area (Å²) in [5, 5.41) is 14.4. The number of hydrogen-bond donors (Lipinski definition) is 1. The SMILES string of the molecule is CNc1nc(-c2ccc3ccccc3c2)ccc1C#N. The zero-order valence-electron chi connectivity index (χ0n) is 11.1. The molecule has 3 heteroatoms. The van der Waals surface area contributed by atoms with Gasteiger partial charge in [-0.05, 0) is 29.0 Å². The lowest BCUT2D eigenvalue weighted by Crippen LogP contribution is -1.97. The van der Waals surface area contributed by atoms with Gasteiger partial charge in [0.2, 0.25) is 0 Å². The van der Waals surface area contributed by atoms with E-state index in [2.05, 4.69) is 46.7 Å². The van der Waals surface area contributed by atoms with Gasteiger partial charge in [0.05, 0.1) is 11.3 Å². The van der Waals surface area contributed by atoms with Crippen LogP contribution in [0.3, 0.4) is 0 Å². The predicted octanol–water partition coefficient (Wildman–Crippen LogP) is 3.82. The van der Waals surface area contributed by atoms with Gasteiger partial charge in [-0.2, -0.15) is 5.26 Å². The first-order valence-corrected chi connectivity index (χ1v) is 6.40. The van der Waals surface area contributed by atoms with Crippen LogP contribution < -0.4 is 5.32 Å². The Morgan fingerprint density at radius 1 is 1.00 bits per heavy atom. The van der Waals surface area contributed by atoms with Crippen LogP contribution in [0.2, 0.25) is 0 Å². The monoisotopic (exact) mass is 259 g/mol. The molecular formula is C17H13N3. The van der Waals surface area contributed by atoms with Gasteiger partial charge in [-0.3, -0.25) is 0 Å². The van der Waals surface area contributed by atoms with E-state index in [1.54, 1.807) is 13.1 Å². The molecule has 0 saturated heterocycles. The number of hydrogen-bond acceptors (Lipinski definition) is 3. The lowest BCUT2D eigenvalue weighted by molar-refractivity contribution is 1.27. The summed E-state index contributed by atoms with van der Waals surface area (Å²) in [5.74, 6) is 0.609. The van der Waals surface area contributed by atoms with E-state index in [1.165, 1.54) is 10.8 Å². The fourth-order valence-electron chi connectivity index (χ4n) is 2.25. The van der Waals surface area contributed by atoms with Crippen molar-refractivity contribution in [2.24, 2.45) is 0 Å². The summed E-state index contributed by atoms with van der Waals surface area (Å²) in [4.78, 5) is 4.51. The maximum absolute atomic E-state index is 9.02. The lowest BCUT2D eigenvalue weighted by atomic mass is 10.0. The summed E-state index contributed by atoms with van der Waals surface area (Å²) in [7, 11) is 1.77. The van der Waals surface area contributed by atoms with Crippen LogP contribution in [0.25, 0.3) is 22.0 Å². The van der Waals surface area contributed by atoms with Gasteiger partial charge in [0.15, 0.2) is 0 Å². The number of fused-ring (bicyclic) bond motifs is 1. The van der Waals surface area contributed by atoms with Gasteiger partial charge in [-0.1, -0.05) is 36.4 Å². The maximum Gasteiger partial charge on any atom is 0.144 e. The van der Waals surface area contributed by atoms with Gasteiger partial charge >= 0.3 is 0 Å². The van der Waals surface area contributed by atoms with Crippen molar-refractivity contribution < 1.29 is 0 Å². The summed E-state index contributed by atoms with van der Waals surface area (Å²) >= 11 is 0. The fraction of sp³-hybridized carbons (Fsp3) is 0.0588. The fourth-order valence-corrected chi connectivity index (χ4v) is 2.25. The van der Waals surface area contributed by atoms with Crippen molar-refractivity contribution in [1.82, 2.24) is 4.98 Å². The average molecular weight is 259 g/mol. The molecule has 1 N–H and O–H groups in total. The highest BCUT2D eigenvalue weighted by atomic mass is 15.0.